The van der Waals surface area contributed by atoms with Gasteiger partial charge < -0.3 is 24.7 Å². The SMILES string of the molecule is COc1ccccc1CNC(=O)c1cn(C[C@@H]2CCCO2)cc(C(=O)NC2CCCCCCC2)c1=O. The highest BCUT2D eigenvalue weighted by Crippen LogP contribution is 2.19. The van der Waals surface area contributed by atoms with Gasteiger partial charge in [0.05, 0.1) is 13.2 Å². The maximum Gasteiger partial charge on any atom is 0.257 e. The van der Waals surface area contributed by atoms with Crippen molar-refractivity contribution in [2.24, 2.45) is 0 Å². The lowest BCUT2D eigenvalue weighted by Crippen LogP contribution is -2.40. The van der Waals surface area contributed by atoms with Crippen molar-refractivity contribution in [3.8, 4) is 5.75 Å². The van der Waals surface area contributed by atoms with Crippen LogP contribution in [0.15, 0.2) is 41.5 Å². The summed E-state index contributed by atoms with van der Waals surface area (Å²) < 4.78 is 12.9. The Kier molecular flexibility index (Phi) is 9.17. The van der Waals surface area contributed by atoms with Crippen LogP contribution in [-0.2, 0) is 17.8 Å². The van der Waals surface area contributed by atoms with Gasteiger partial charge in [0.15, 0.2) is 0 Å². The van der Waals surface area contributed by atoms with Crippen molar-refractivity contribution >= 4 is 11.8 Å². The van der Waals surface area contributed by atoms with Crippen LogP contribution in [0.2, 0.25) is 0 Å². The number of para-hydroxylation sites is 1. The number of methoxy groups -OCH3 is 1. The lowest BCUT2D eigenvalue weighted by molar-refractivity contribution is 0.0914. The number of hydrogen-bond acceptors (Lipinski definition) is 5. The minimum absolute atomic E-state index is 0.00000181. The van der Waals surface area contributed by atoms with Gasteiger partial charge in [0.2, 0.25) is 5.43 Å². The van der Waals surface area contributed by atoms with Crippen molar-refractivity contribution < 1.29 is 19.1 Å². The van der Waals surface area contributed by atoms with Crippen LogP contribution in [0.25, 0.3) is 0 Å². The summed E-state index contributed by atoms with van der Waals surface area (Å²) in [6, 6.07) is 7.43. The normalized spacial score (nSPS) is 18.8. The Morgan fingerprint density at radius 2 is 1.67 bits per heavy atom. The zero-order valence-corrected chi connectivity index (χ0v) is 21.1. The molecular formula is C28H37N3O5. The van der Waals surface area contributed by atoms with E-state index in [1.165, 1.54) is 25.5 Å². The number of nitrogens with one attached hydrogen (secondary N) is 2. The van der Waals surface area contributed by atoms with Gasteiger partial charge in [-0.05, 0) is 31.7 Å². The molecule has 194 valence electrons. The second kappa shape index (κ2) is 12.7. The van der Waals surface area contributed by atoms with Crippen LogP contribution < -0.4 is 20.8 Å². The van der Waals surface area contributed by atoms with Gasteiger partial charge in [-0.1, -0.05) is 50.3 Å². The summed E-state index contributed by atoms with van der Waals surface area (Å²) in [5, 5.41) is 5.89. The average Bonchev–Trinajstić information content (AvgIpc) is 3.38. The van der Waals surface area contributed by atoms with Crippen LogP contribution in [0, 0.1) is 0 Å². The molecule has 1 aliphatic carbocycles. The van der Waals surface area contributed by atoms with Crippen molar-refractivity contribution in [2.75, 3.05) is 13.7 Å². The van der Waals surface area contributed by atoms with Gasteiger partial charge in [-0.2, -0.15) is 0 Å². The summed E-state index contributed by atoms with van der Waals surface area (Å²) >= 11 is 0. The smallest absolute Gasteiger partial charge is 0.257 e. The maximum absolute atomic E-state index is 13.3. The van der Waals surface area contributed by atoms with E-state index in [1.807, 2.05) is 24.3 Å². The van der Waals surface area contributed by atoms with Crippen molar-refractivity contribution in [2.45, 2.75) is 83.0 Å². The zero-order chi connectivity index (χ0) is 25.3. The Morgan fingerprint density at radius 3 is 2.36 bits per heavy atom. The summed E-state index contributed by atoms with van der Waals surface area (Å²) in [7, 11) is 1.57. The molecule has 2 aliphatic rings. The molecule has 2 fully saturated rings. The zero-order valence-electron chi connectivity index (χ0n) is 21.1. The third-order valence-electron chi connectivity index (χ3n) is 7.08. The first kappa shape index (κ1) is 25.9. The summed E-state index contributed by atoms with van der Waals surface area (Å²) in [6.45, 7) is 1.38. The molecular weight excluding hydrogens is 458 g/mol. The Bertz CT molecular complexity index is 1100. The lowest BCUT2D eigenvalue weighted by atomic mass is 9.96. The fraction of sp³-hybridized carbons (Fsp3) is 0.536. The van der Waals surface area contributed by atoms with E-state index in [2.05, 4.69) is 10.6 Å². The van der Waals surface area contributed by atoms with E-state index >= 15 is 0 Å². The van der Waals surface area contributed by atoms with Gasteiger partial charge in [-0.25, -0.2) is 0 Å². The molecule has 8 nitrogen and oxygen atoms in total. The summed E-state index contributed by atoms with van der Waals surface area (Å²) in [5.41, 5.74) is 0.193. The second-order valence-corrected chi connectivity index (χ2v) is 9.76. The largest absolute Gasteiger partial charge is 0.496 e. The quantitative estimate of drug-likeness (QED) is 0.580. The highest BCUT2D eigenvalue weighted by molar-refractivity contribution is 5.99. The standard InChI is InChI=1S/C28H37N3O5/c1-35-25-14-8-7-10-20(25)16-29-27(33)23-18-31(17-22-13-9-15-36-22)19-24(26(23)32)28(34)30-21-11-5-3-2-4-6-12-21/h7-8,10,14,18-19,21-22H,2-6,9,11-13,15-17H2,1H3,(H,29,33)(H,30,34)/t22-/m0/s1. The number of amides is 2. The minimum atomic E-state index is -0.556. The van der Waals surface area contributed by atoms with Crippen LogP contribution >= 0.6 is 0 Å². The number of pyridine rings is 1. The molecule has 0 spiro atoms. The predicted octanol–water partition coefficient (Wildman–Crippen LogP) is 3.81. The van der Waals surface area contributed by atoms with E-state index in [9.17, 15) is 14.4 Å². The highest BCUT2D eigenvalue weighted by Gasteiger charge is 2.24. The van der Waals surface area contributed by atoms with Gasteiger partial charge in [-0.3, -0.25) is 14.4 Å². The van der Waals surface area contributed by atoms with Crippen molar-refractivity contribution in [3.05, 3.63) is 63.6 Å². The molecule has 0 unspecified atom stereocenters. The summed E-state index contributed by atoms with van der Waals surface area (Å²) in [5.74, 6) is -0.278. The molecule has 1 atom stereocenters. The highest BCUT2D eigenvalue weighted by atomic mass is 16.5. The van der Waals surface area contributed by atoms with E-state index < -0.39 is 17.2 Å². The molecule has 2 aromatic rings. The molecule has 1 saturated heterocycles. The monoisotopic (exact) mass is 495 g/mol. The Labute approximate surface area is 212 Å². The Balaban J connectivity index is 1.56. The van der Waals surface area contributed by atoms with Gasteiger partial charge in [-0.15, -0.1) is 0 Å². The van der Waals surface area contributed by atoms with Gasteiger partial charge in [0.25, 0.3) is 11.8 Å². The first-order valence-electron chi connectivity index (χ1n) is 13.1. The van der Waals surface area contributed by atoms with Crippen LogP contribution in [0.3, 0.4) is 0 Å². The third-order valence-corrected chi connectivity index (χ3v) is 7.08. The van der Waals surface area contributed by atoms with Crippen LogP contribution in [0.4, 0.5) is 0 Å². The number of rotatable bonds is 8. The number of ether oxygens (including phenoxy) is 2. The van der Waals surface area contributed by atoms with Gasteiger partial charge in [0, 0.05) is 43.7 Å². The number of carbonyl (C=O) groups is 2. The van der Waals surface area contributed by atoms with Crippen molar-refractivity contribution in [3.63, 3.8) is 0 Å². The second-order valence-electron chi connectivity index (χ2n) is 9.76. The topological polar surface area (TPSA) is 98.7 Å². The number of carbonyl (C=O) groups excluding carboxylic acids is 2. The van der Waals surface area contributed by atoms with E-state index in [-0.39, 0.29) is 29.8 Å². The summed E-state index contributed by atoms with van der Waals surface area (Å²) in [6.07, 6.45) is 12.5. The van der Waals surface area contributed by atoms with Crippen LogP contribution in [0.1, 0.15) is 84.1 Å². The van der Waals surface area contributed by atoms with Crippen LogP contribution in [-0.4, -0.2) is 42.2 Å². The summed E-state index contributed by atoms with van der Waals surface area (Å²) in [4.78, 5) is 39.8. The Hall–Kier alpha value is -3.13. The van der Waals surface area contributed by atoms with Crippen molar-refractivity contribution in [1.29, 1.82) is 0 Å². The maximum atomic E-state index is 13.3. The minimum Gasteiger partial charge on any atom is -0.496 e. The lowest BCUT2D eigenvalue weighted by Gasteiger charge is -2.21. The molecule has 1 aliphatic heterocycles. The fourth-order valence-electron chi connectivity index (χ4n) is 5.07. The molecule has 2 amide bonds. The first-order valence-corrected chi connectivity index (χ1v) is 13.1. The van der Waals surface area contributed by atoms with E-state index in [0.717, 1.165) is 44.1 Å². The first-order chi connectivity index (χ1) is 17.5. The fourth-order valence-corrected chi connectivity index (χ4v) is 5.07. The molecule has 0 bridgehead atoms. The van der Waals surface area contributed by atoms with Crippen LogP contribution in [0.5, 0.6) is 5.75 Å². The third kappa shape index (κ3) is 6.75. The van der Waals surface area contributed by atoms with E-state index in [0.29, 0.717) is 18.9 Å². The van der Waals surface area contributed by atoms with Crippen molar-refractivity contribution in [1.82, 2.24) is 15.2 Å². The molecule has 1 aromatic carbocycles. The predicted molar refractivity (Wildman–Crippen MR) is 137 cm³/mol. The number of aromatic nitrogens is 1. The molecule has 4 rings (SSSR count). The number of nitrogens with zero attached hydrogens (tertiary/aromatic N) is 1. The Morgan fingerprint density at radius 1 is 0.972 bits per heavy atom. The molecule has 1 saturated carbocycles. The number of hydrogen-bond donors (Lipinski definition) is 2. The molecule has 8 heteroatoms. The number of benzene rings is 1. The van der Waals surface area contributed by atoms with E-state index in [4.69, 9.17) is 9.47 Å². The van der Waals surface area contributed by atoms with Gasteiger partial charge >= 0.3 is 0 Å². The molecule has 0 radical (unpaired) electrons. The van der Waals surface area contributed by atoms with E-state index in [1.54, 1.807) is 17.9 Å². The molecule has 1 aromatic heterocycles. The molecule has 2 N–H and O–H groups in total. The molecule has 2 heterocycles. The average molecular weight is 496 g/mol. The van der Waals surface area contributed by atoms with Gasteiger partial charge in [0.1, 0.15) is 16.9 Å². The molecule has 36 heavy (non-hydrogen) atoms.